The Morgan fingerprint density at radius 1 is 0.913 bits per heavy atom. The maximum atomic E-state index is 12.5. The van der Waals surface area contributed by atoms with Gasteiger partial charge >= 0.3 is 0 Å². The second-order valence-electron chi connectivity index (χ2n) is 4.98. The van der Waals surface area contributed by atoms with Crippen LogP contribution >= 0.6 is 0 Å². The summed E-state index contributed by atoms with van der Waals surface area (Å²) in [6, 6.07) is 16.2. The largest absolute Gasteiger partial charge is 0.504 e. The molecule has 0 unspecified atom stereocenters. The number of benzene rings is 2. The smallest absolute Gasteiger partial charge is 0.288 e. The fraction of sp³-hybridized carbons (Fsp3) is 0.111. The molecule has 23 heavy (non-hydrogen) atoms. The number of hydroxylamine groups is 2. The van der Waals surface area contributed by atoms with Gasteiger partial charge in [-0.1, -0.05) is 48.5 Å². The number of carbonyl (C=O) groups is 2. The maximum Gasteiger partial charge on any atom is 0.288 e. The molecule has 1 aliphatic rings. The molecule has 0 radical (unpaired) electrons. The van der Waals surface area contributed by atoms with Crippen LogP contribution in [0.3, 0.4) is 0 Å². The molecule has 3 rings (SSSR count). The van der Waals surface area contributed by atoms with Crippen LogP contribution in [0.5, 0.6) is 0 Å². The molecule has 0 aliphatic carbocycles. The van der Waals surface area contributed by atoms with Gasteiger partial charge < -0.3 is 4.74 Å². The molecule has 5 heteroatoms. The van der Waals surface area contributed by atoms with E-state index in [-0.39, 0.29) is 12.2 Å². The first-order valence-corrected chi connectivity index (χ1v) is 7.10. The van der Waals surface area contributed by atoms with Gasteiger partial charge in [0.25, 0.3) is 11.8 Å². The summed E-state index contributed by atoms with van der Waals surface area (Å²) in [6.45, 7) is 0.126. The van der Waals surface area contributed by atoms with E-state index in [1.165, 1.54) is 13.4 Å². The van der Waals surface area contributed by atoms with Gasteiger partial charge in [0.15, 0.2) is 0 Å². The van der Waals surface area contributed by atoms with Crippen molar-refractivity contribution in [1.29, 1.82) is 0 Å². The fourth-order valence-corrected chi connectivity index (χ4v) is 2.39. The molecule has 0 saturated heterocycles. The van der Waals surface area contributed by atoms with E-state index in [1.807, 2.05) is 30.3 Å². The number of methoxy groups -OCH3 is 1. The molecule has 1 heterocycles. The van der Waals surface area contributed by atoms with Crippen molar-refractivity contribution >= 4 is 17.4 Å². The second-order valence-corrected chi connectivity index (χ2v) is 4.98. The quantitative estimate of drug-likeness (QED) is 0.495. The Morgan fingerprint density at radius 3 is 2.26 bits per heavy atom. The number of hydrogen-bond acceptors (Lipinski definition) is 4. The molecule has 2 aromatic rings. The van der Waals surface area contributed by atoms with Crippen LogP contribution in [0.1, 0.15) is 21.5 Å². The van der Waals surface area contributed by atoms with E-state index < -0.39 is 11.8 Å². The third-order valence-electron chi connectivity index (χ3n) is 3.49. The molecule has 116 valence electrons. The third kappa shape index (κ3) is 2.86. The molecule has 0 spiro atoms. The van der Waals surface area contributed by atoms with Crippen molar-refractivity contribution in [3.63, 3.8) is 0 Å². The number of rotatable bonds is 4. The SMILES string of the molecule is COC=C1C(=O)N(OCc2ccccc2)C(=O)c2ccccc21. The summed E-state index contributed by atoms with van der Waals surface area (Å²) in [5, 5.41) is 0.792. The number of fused-ring (bicyclic) bond motifs is 1. The van der Waals surface area contributed by atoms with Gasteiger partial charge in [-0.3, -0.25) is 14.4 Å². The second kappa shape index (κ2) is 6.46. The summed E-state index contributed by atoms with van der Waals surface area (Å²) in [5.41, 5.74) is 2.10. The molecule has 2 amide bonds. The monoisotopic (exact) mass is 309 g/mol. The molecule has 0 atom stereocenters. The number of nitrogens with zero attached hydrogens (tertiary/aromatic N) is 1. The van der Waals surface area contributed by atoms with Crippen LogP contribution in [-0.2, 0) is 21.0 Å². The van der Waals surface area contributed by atoms with E-state index in [9.17, 15) is 9.59 Å². The first-order valence-electron chi connectivity index (χ1n) is 7.10. The number of amides is 2. The predicted octanol–water partition coefficient (Wildman–Crippen LogP) is 2.79. The standard InChI is InChI=1S/C18H15NO4/c1-22-12-16-14-9-5-6-10-15(14)17(20)19(18(16)21)23-11-13-7-3-2-4-8-13/h2-10,12H,11H2,1H3. The van der Waals surface area contributed by atoms with E-state index in [0.717, 1.165) is 10.6 Å². The van der Waals surface area contributed by atoms with E-state index in [1.54, 1.807) is 24.3 Å². The van der Waals surface area contributed by atoms with Crippen molar-refractivity contribution < 1.29 is 19.2 Å². The summed E-state index contributed by atoms with van der Waals surface area (Å²) < 4.78 is 4.98. The normalized spacial score (nSPS) is 15.7. The summed E-state index contributed by atoms with van der Waals surface area (Å²) in [6.07, 6.45) is 1.33. The van der Waals surface area contributed by atoms with Crippen molar-refractivity contribution in [1.82, 2.24) is 5.06 Å². The highest BCUT2D eigenvalue weighted by Gasteiger charge is 2.36. The zero-order valence-electron chi connectivity index (χ0n) is 12.6. The number of carbonyl (C=O) groups excluding carboxylic acids is 2. The van der Waals surface area contributed by atoms with Gasteiger partial charge in [0.05, 0.1) is 24.5 Å². The number of ether oxygens (including phenoxy) is 1. The molecule has 5 nitrogen and oxygen atoms in total. The number of imide groups is 1. The molecule has 0 bridgehead atoms. The Kier molecular flexibility index (Phi) is 4.21. The minimum atomic E-state index is -0.536. The van der Waals surface area contributed by atoms with E-state index in [4.69, 9.17) is 9.57 Å². The minimum absolute atomic E-state index is 0.126. The Hall–Kier alpha value is -2.92. The molecule has 0 N–H and O–H groups in total. The predicted molar refractivity (Wildman–Crippen MR) is 83.8 cm³/mol. The fourth-order valence-electron chi connectivity index (χ4n) is 2.39. The van der Waals surface area contributed by atoms with E-state index >= 15 is 0 Å². The van der Waals surface area contributed by atoms with Crippen molar-refractivity contribution in [2.75, 3.05) is 7.11 Å². The van der Waals surface area contributed by atoms with Gasteiger partial charge in [-0.05, 0) is 11.6 Å². The highest BCUT2D eigenvalue weighted by molar-refractivity contribution is 6.30. The van der Waals surface area contributed by atoms with Gasteiger partial charge in [-0.25, -0.2) is 0 Å². The maximum absolute atomic E-state index is 12.5. The van der Waals surface area contributed by atoms with Gasteiger partial charge in [-0.15, -0.1) is 5.06 Å². The highest BCUT2D eigenvalue weighted by Crippen LogP contribution is 2.29. The lowest BCUT2D eigenvalue weighted by molar-refractivity contribution is -0.167. The molecule has 0 saturated carbocycles. The molecular formula is C18H15NO4. The molecule has 1 aliphatic heterocycles. The Morgan fingerprint density at radius 2 is 1.57 bits per heavy atom. The zero-order chi connectivity index (χ0) is 16.2. The van der Waals surface area contributed by atoms with Gasteiger partial charge in [-0.2, -0.15) is 0 Å². The average Bonchev–Trinajstić information content (AvgIpc) is 2.59. The van der Waals surface area contributed by atoms with Crippen molar-refractivity contribution in [3.05, 3.63) is 77.5 Å². The summed E-state index contributed by atoms with van der Waals surface area (Å²) in [5.74, 6) is -1.01. The molecular weight excluding hydrogens is 294 g/mol. The van der Waals surface area contributed by atoms with Crippen LogP contribution in [0.4, 0.5) is 0 Å². The van der Waals surface area contributed by atoms with Crippen LogP contribution in [0.15, 0.2) is 60.9 Å². The highest BCUT2D eigenvalue weighted by atomic mass is 16.7. The average molecular weight is 309 g/mol. The summed E-state index contributed by atoms with van der Waals surface area (Å²) in [7, 11) is 1.45. The van der Waals surface area contributed by atoms with Gasteiger partial charge in [0, 0.05) is 5.56 Å². The number of hydrogen-bond donors (Lipinski definition) is 0. The molecule has 2 aromatic carbocycles. The van der Waals surface area contributed by atoms with Gasteiger partial charge in [0.2, 0.25) is 0 Å². The van der Waals surface area contributed by atoms with E-state index in [2.05, 4.69) is 0 Å². The lowest BCUT2D eigenvalue weighted by Gasteiger charge is -2.27. The lowest BCUT2D eigenvalue weighted by Crippen LogP contribution is -2.41. The first-order chi connectivity index (χ1) is 11.2. The summed E-state index contributed by atoms with van der Waals surface area (Å²) in [4.78, 5) is 30.5. The Labute approximate surface area is 133 Å². The van der Waals surface area contributed by atoms with Gasteiger partial charge in [0.1, 0.15) is 6.61 Å². The Balaban J connectivity index is 1.91. The molecule has 0 fully saturated rings. The third-order valence-corrected chi connectivity index (χ3v) is 3.49. The first kappa shape index (κ1) is 15.0. The van der Waals surface area contributed by atoms with Crippen molar-refractivity contribution in [2.24, 2.45) is 0 Å². The van der Waals surface area contributed by atoms with Crippen molar-refractivity contribution in [3.8, 4) is 0 Å². The van der Waals surface area contributed by atoms with E-state index in [0.29, 0.717) is 11.1 Å². The topological polar surface area (TPSA) is 55.8 Å². The van der Waals surface area contributed by atoms with Crippen LogP contribution < -0.4 is 0 Å². The van der Waals surface area contributed by atoms with Crippen molar-refractivity contribution in [2.45, 2.75) is 6.61 Å². The summed E-state index contributed by atoms with van der Waals surface area (Å²) >= 11 is 0. The molecule has 0 aromatic heterocycles. The van der Waals surface area contributed by atoms with Crippen LogP contribution in [0, 0.1) is 0 Å². The lowest BCUT2D eigenvalue weighted by atomic mass is 9.95. The minimum Gasteiger partial charge on any atom is -0.504 e. The Bertz CT molecular complexity index is 768. The van der Waals surface area contributed by atoms with Crippen LogP contribution in [-0.4, -0.2) is 24.0 Å². The van der Waals surface area contributed by atoms with Crippen LogP contribution in [0.2, 0.25) is 0 Å². The van der Waals surface area contributed by atoms with Crippen LogP contribution in [0.25, 0.3) is 5.57 Å². The zero-order valence-corrected chi connectivity index (χ0v) is 12.6.